The largest absolute Gasteiger partial charge is 0.481 e. The van der Waals surface area contributed by atoms with Crippen LogP contribution in [0, 0.1) is 0 Å². The molecule has 1 aromatic rings. The highest BCUT2D eigenvalue weighted by Gasteiger charge is 2.12. The molecule has 0 saturated heterocycles. The third-order valence-corrected chi connectivity index (χ3v) is 2.23. The van der Waals surface area contributed by atoms with Crippen LogP contribution >= 0.6 is 0 Å². The van der Waals surface area contributed by atoms with Gasteiger partial charge in [0.1, 0.15) is 0 Å². The van der Waals surface area contributed by atoms with Crippen LogP contribution < -0.4 is 0 Å². The molecular weight excluding hydrogens is 183 g/mol. The minimum atomic E-state index is -0.844. The summed E-state index contributed by atoms with van der Waals surface area (Å²) in [4.78, 5) is 10.7. The summed E-state index contributed by atoms with van der Waals surface area (Å²) in [6, 6.07) is 7.02. The number of aliphatic carboxylic acids is 1. The quantitative estimate of drug-likeness (QED) is 0.802. The van der Waals surface area contributed by atoms with Crippen LogP contribution in [0.15, 0.2) is 24.3 Å². The van der Waals surface area contributed by atoms with E-state index >= 15 is 0 Å². The summed E-state index contributed by atoms with van der Waals surface area (Å²) in [6.45, 7) is 1.25. The molecule has 0 radical (unpaired) electrons. The molecule has 0 saturated carbocycles. The van der Waals surface area contributed by atoms with Crippen LogP contribution in [0.3, 0.4) is 0 Å². The Kier molecular flexibility index (Phi) is 3.63. The summed E-state index contributed by atoms with van der Waals surface area (Å²) in [5, 5.41) is 8.75. The molecule has 1 rings (SSSR count). The monoisotopic (exact) mass is 196 g/mol. The Morgan fingerprint density at radius 3 is 2.43 bits per heavy atom. The predicted octanol–water partition coefficient (Wildman–Crippen LogP) is 2.39. The summed E-state index contributed by atoms with van der Waals surface area (Å²) in [5.41, 5.74) is 1.65. The normalized spacial score (nSPS) is 12.4. The number of carbonyl (C=O) groups is 1. The van der Waals surface area contributed by atoms with Crippen molar-refractivity contribution in [2.75, 3.05) is 6.67 Å². The van der Waals surface area contributed by atoms with Gasteiger partial charge in [-0.25, -0.2) is 0 Å². The molecule has 76 valence electrons. The number of hydrogen-bond acceptors (Lipinski definition) is 1. The molecule has 0 bridgehead atoms. The number of benzene rings is 1. The van der Waals surface area contributed by atoms with Crippen molar-refractivity contribution in [1.82, 2.24) is 0 Å². The van der Waals surface area contributed by atoms with Crippen molar-refractivity contribution in [3.63, 3.8) is 0 Å². The molecule has 14 heavy (non-hydrogen) atoms. The lowest BCUT2D eigenvalue weighted by atomic mass is 9.99. The van der Waals surface area contributed by atoms with Crippen molar-refractivity contribution in [1.29, 1.82) is 0 Å². The fourth-order valence-electron chi connectivity index (χ4n) is 1.22. The van der Waals surface area contributed by atoms with E-state index in [1.54, 1.807) is 31.2 Å². The maximum Gasteiger partial charge on any atom is 0.310 e. The van der Waals surface area contributed by atoms with Crippen LogP contribution in [-0.2, 0) is 11.2 Å². The van der Waals surface area contributed by atoms with Crippen molar-refractivity contribution >= 4 is 5.97 Å². The summed E-state index contributed by atoms with van der Waals surface area (Å²) in [6.07, 6.45) is 0.391. The highest BCUT2D eigenvalue weighted by atomic mass is 19.1. The van der Waals surface area contributed by atoms with Crippen LogP contribution in [0.4, 0.5) is 4.39 Å². The Balaban J connectivity index is 2.77. The van der Waals surface area contributed by atoms with Crippen molar-refractivity contribution in [2.24, 2.45) is 0 Å². The average Bonchev–Trinajstić information content (AvgIpc) is 2.18. The van der Waals surface area contributed by atoms with E-state index in [4.69, 9.17) is 5.11 Å². The first-order chi connectivity index (χ1) is 6.65. The van der Waals surface area contributed by atoms with Gasteiger partial charge in [0.2, 0.25) is 0 Å². The summed E-state index contributed by atoms with van der Waals surface area (Å²) < 4.78 is 12.0. The van der Waals surface area contributed by atoms with E-state index in [1.807, 2.05) is 0 Å². The van der Waals surface area contributed by atoms with E-state index in [0.29, 0.717) is 6.42 Å². The second-order valence-corrected chi connectivity index (χ2v) is 3.24. The molecule has 0 heterocycles. The minimum absolute atomic E-state index is 0.381. The maximum atomic E-state index is 12.0. The van der Waals surface area contributed by atoms with E-state index in [1.165, 1.54) is 0 Å². The van der Waals surface area contributed by atoms with E-state index in [9.17, 15) is 9.18 Å². The number of alkyl halides is 1. The molecule has 1 atom stereocenters. The van der Waals surface area contributed by atoms with Gasteiger partial charge in [0, 0.05) is 6.42 Å². The van der Waals surface area contributed by atoms with Gasteiger partial charge in [-0.3, -0.25) is 9.18 Å². The smallest absolute Gasteiger partial charge is 0.310 e. The summed E-state index contributed by atoms with van der Waals surface area (Å²) in [7, 11) is 0. The number of aryl methyl sites for hydroxylation is 1. The zero-order valence-corrected chi connectivity index (χ0v) is 8.03. The van der Waals surface area contributed by atoms with Gasteiger partial charge in [0.25, 0.3) is 0 Å². The number of carboxylic acid groups (broad SMARTS) is 1. The molecule has 2 nitrogen and oxygen atoms in total. The Morgan fingerprint density at radius 1 is 1.43 bits per heavy atom. The van der Waals surface area contributed by atoms with Gasteiger partial charge in [-0.05, 0) is 18.1 Å². The lowest BCUT2D eigenvalue weighted by Gasteiger charge is -2.06. The van der Waals surface area contributed by atoms with E-state index < -0.39 is 11.9 Å². The summed E-state index contributed by atoms with van der Waals surface area (Å²) >= 11 is 0. The third-order valence-electron chi connectivity index (χ3n) is 2.23. The Hall–Kier alpha value is -1.38. The molecular formula is C11H13FO2. The first-order valence-electron chi connectivity index (χ1n) is 4.52. The maximum absolute atomic E-state index is 12.0. The third kappa shape index (κ3) is 2.55. The molecule has 0 fully saturated rings. The standard InChI is InChI=1S/C11H13FO2/c1-8(11(13)14)10-4-2-9(3-5-10)6-7-12/h2-5,8H,6-7H2,1H3,(H,13,14). The van der Waals surface area contributed by atoms with E-state index in [0.717, 1.165) is 11.1 Å². The average molecular weight is 196 g/mol. The van der Waals surface area contributed by atoms with Gasteiger partial charge in [-0.2, -0.15) is 0 Å². The van der Waals surface area contributed by atoms with Crippen molar-refractivity contribution < 1.29 is 14.3 Å². The minimum Gasteiger partial charge on any atom is -0.481 e. The fourth-order valence-corrected chi connectivity index (χ4v) is 1.22. The number of rotatable bonds is 4. The molecule has 1 N–H and O–H groups in total. The van der Waals surface area contributed by atoms with Crippen molar-refractivity contribution in [3.05, 3.63) is 35.4 Å². The second-order valence-electron chi connectivity index (χ2n) is 3.24. The van der Waals surface area contributed by atoms with Crippen LogP contribution in [0.5, 0.6) is 0 Å². The lowest BCUT2D eigenvalue weighted by Crippen LogP contribution is -2.07. The van der Waals surface area contributed by atoms with Gasteiger partial charge < -0.3 is 5.11 Å². The van der Waals surface area contributed by atoms with Crippen LogP contribution in [0.2, 0.25) is 0 Å². The van der Waals surface area contributed by atoms with Gasteiger partial charge in [0.05, 0.1) is 12.6 Å². The highest BCUT2D eigenvalue weighted by molar-refractivity contribution is 5.75. The molecule has 1 aromatic carbocycles. The van der Waals surface area contributed by atoms with Gasteiger partial charge in [-0.15, -0.1) is 0 Å². The second kappa shape index (κ2) is 4.74. The number of halogens is 1. The Morgan fingerprint density at radius 2 is 2.00 bits per heavy atom. The first kappa shape index (κ1) is 10.7. The van der Waals surface area contributed by atoms with Gasteiger partial charge in [-0.1, -0.05) is 24.3 Å². The first-order valence-corrected chi connectivity index (χ1v) is 4.52. The van der Waals surface area contributed by atoms with Crippen molar-refractivity contribution in [3.8, 4) is 0 Å². The summed E-state index contributed by atoms with van der Waals surface area (Å²) in [5.74, 6) is -1.35. The number of hydrogen-bond donors (Lipinski definition) is 1. The van der Waals surface area contributed by atoms with Crippen LogP contribution in [0.25, 0.3) is 0 Å². The Labute approximate surface area is 82.4 Å². The predicted molar refractivity (Wildman–Crippen MR) is 52.2 cm³/mol. The lowest BCUT2D eigenvalue weighted by molar-refractivity contribution is -0.138. The zero-order valence-electron chi connectivity index (χ0n) is 8.03. The molecule has 1 unspecified atom stereocenters. The molecule has 0 spiro atoms. The Bertz CT molecular complexity index is 306. The van der Waals surface area contributed by atoms with E-state index in [2.05, 4.69) is 0 Å². The van der Waals surface area contributed by atoms with E-state index in [-0.39, 0.29) is 6.67 Å². The molecule has 0 aliphatic heterocycles. The zero-order chi connectivity index (χ0) is 10.6. The molecule has 0 aromatic heterocycles. The number of carboxylic acids is 1. The fraction of sp³-hybridized carbons (Fsp3) is 0.364. The SMILES string of the molecule is CC(C(=O)O)c1ccc(CCF)cc1. The highest BCUT2D eigenvalue weighted by Crippen LogP contribution is 2.16. The van der Waals surface area contributed by atoms with Gasteiger partial charge >= 0.3 is 5.97 Å². The molecule has 0 aliphatic carbocycles. The van der Waals surface area contributed by atoms with Crippen molar-refractivity contribution in [2.45, 2.75) is 19.3 Å². The van der Waals surface area contributed by atoms with Crippen LogP contribution in [-0.4, -0.2) is 17.8 Å². The molecule has 3 heteroatoms. The topological polar surface area (TPSA) is 37.3 Å². The van der Waals surface area contributed by atoms with Gasteiger partial charge in [0.15, 0.2) is 0 Å². The van der Waals surface area contributed by atoms with Crippen LogP contribution in [0.1, 0.15) is 24.0 Å². The molecule has 0 amide bonds. The molecule has 0 aliphatic rings.